The van der Waals surface area contributed by atoms with E-state index < -0.39 is 55.1 Å². The average Bonchev–Trinajstić information content (AvgIpc) is 3.37. The summed E-state index contributed by atoms with van der Waals surface area (Å²) in [6, 6.07) is 6.88. The predicted molar refractivity (Wildman–Crippen MR) is 125 cm³/mol. The second-order valence-corrected chi connectivity index (χ2v) is 12.5. The van der Waals surface area contributed by atoms with Crippen molar-refractivity contribution in [3.8, 4) is 0 Å². The number of alkyl halides is 3. The Kier molecular flexibility index (Phi) is 6.11. The Balaban J connectivity index is 1.37. The van der Waals surface area contributed by atoms with Gasteiger partial charge in [-0.15, -0.1) is 0 Å². The topological polar surface area (TPSA) is 68.2 Å². The summed E-state index contributed by atoms with van der Waals surface area (Å²) in [4.78, 5) is 6.99. The van der Waals surface area contributed by atoms with Crippen LogP contribution in [0.25, 0.3) is 0 Å². The first kappa shape index (κ1) is 25.7. The third-order valence-electron chi connectivity index (χ3n) is 6.81. The second kappa shape index (κ2) is 8.56. The maximum Gasteiger partial charge on any atom is 0.435 e. The van der Waals surface area contributed by atoms with Crippen LogP contribution in [0.3, 0.4) is 0 Å². The fourth-order valence-electron chi connectivity index (χ4n) is 4.87. The molecule has 3 aliphatic rings. The molecule has 2 aromatic rings. The Bertz CT molecular complexity index is 1350. The standard InChI is InChI=1S/C23H20Cl2F4N2O4S/c1-36(32,33)5-4-31-11-21(12-31)16-3-2-13(6-14(16)10-34-21)19-9-22(35-30-19,23(27,28)29)15-7-17(24)20(26)18(25)8-15/h2-3,6-8H,4-5,9-12H2,1H3. The van der Waals surface area contributed by atoms with Crippen LogP contribution in [0.2, 0.25) is 10.0 Å². The van der Waals surface area contributed by atoms with Crippen molar-refractivity contribution in [1.29, 1.82) is 0 Å². The number of hydrogen-bond donors (Lipinski definition) is 0. The maximum absolute atomic E-state index is 14.3. The summed E-state index contributed by atoms with van der Waals surface area (Å²) < 4.78 is 85.5. The van der Waals surface area contributed by atoms with Gasteiger partial charge in [0.05, 0.1) is 28.1 Å². The SMILES string of the molecule is CS(=O)(=O)CCN1CC2(C1)OCc1cc(C3=NOC(c4cc(Cl)c(F)c(Cl)c4)(C(F)(F)F)C3)ccc12. The molecule has 1 saturated heterocycles. The van der Waals surface area contributed by atoms with Crippen molar-refractivity contribution in [2.75, 3.05) is 31.6 Å². The van der Waals surface area contributed by atoms with Crippen molar-refractivity contribution in [3.05, 3.63) is 68.4 Å². The van der Waals surface area contributed by atoms with Gasteiger partial charge in [-0.1, -0.05) is 40.5 Å². The fraction of sp³-hybridized carbons (Fsp3) is 0.435. The molecule has 1 atom stereocenters. The summed E-state index contributed by atoms with van der Waals surface area (Å²) in [5, 5.41) is 2.65. The molecule has 0 amide bonds. The van der Waals surface area contributed by atoms with Gasteiger partial charge in [0.2, 0.25) is 0 Å². The van der Waals surface area contributed by atoms with Crippen molar-refractivity contribution in [2.45, 2.75) is 30.4 Å². The second-order valence-electron chi connectivity index (χ2n) is 9.38. The van der Waals surface area contributed by atoms with Crippen molar-refractivity contribution in [3.63, 3.8) is 0 Å². The van der Waals surface area contributed by atoms with Gasteiger partial charge in [0.25, 0.3) is 5.60 Å². The number of fused-ring (bicyclic) bond motifs is 2. The quantitative estimate of drug-likeness (QED) is 0.384. The molecule has 0 radical (unpaired) electrons. The fourth-order valence-corrected chi connectivity index (χ4v) is 5.95. The number of rotatable bonds is 5. The van der Waals surface area contributed by atoms with Crippen molar-refractivity contribution >= 4 is 38.8 Å². The van der Waals surface area contributed by atoms with E-state index in [4.69, 9.17) is 32.8 Å². The molecule has 3 aliphatic heterocycles. The largest absolute Gasteiger partial charge is 0.435 e. The Hall–Kier alpha value is -1.92. The number of benzene rings is 2. The van der Waals surface area contributed by atoms with E-state index in [0.717, 1.165) is 23.3 Å². The molecule has 194 valence electrons. The number of oxime groups is 1. The minimum absolute atomic E-state index is 0.0557. The monoisotopic (exact) mass is 566 g/mol. The van der Waals surface area contributed by atoms with E-state index in [1.165, 1.54) is 6.26 Å². The lowest BCUT2D eigenvalue weighted by Gasteiger charge is -2.47. The van der Waals surface area contributed by atoms with E-state index in [9.17, 15) is 26.0 Å². The van der Waals surface area contributed by atoms with Crippen LogP contribution in [0.15, 0.2) is 35.5 Å². The van der Waals surface area contributed by atoms with Crippen LogP contribution in [0.5, 0.6) is 0 Å². The van der Waals surface area contributed by atoms with Gasteiger partial charge in [-0.05, 0) is 34.9 Å². The molecule has 6 nitrogen and oxygen atoms in total. The zero-order valence-corrected chi connectivity index (χ0v) is 21.2. The van der Waals surface area contributed by atoms with Crippen LogP contribution in [-0.2, 0) is 37.2 Å². The van der Waals surface area contributed by atoms with Gasteiger partial charge in [-0.3, -0.25) is 4.90 Å². The normalized spacial score (nSPS) is 23.4. The van der Waals surface area contributed by atoms with E-state index in [0.29, 0.717) is 25.2 Å². The van der Waals surface area contributed by atoms with Crippen LogP contribution in [0.4, 0.5) is 17.6 Å². The summed E-state index contributed by atoms with van der Waals surface area (Å²) >= 11 is 11.5. The number of halogens is 6. The highest BCUT2D eigenvalue weighted by molar-refractivity contribution is 7.90. The molecule has 0 N–H and O–H groups in total. The van der Waals surface area contributed by atoms with E-state index in [2.05, 4.69) is 5.16 Å². The van der Waals surface area contributed by atoms with Crippen LogP contribution >= 0.6 is 23.2 Å². The number of ether oxygens (including phenoxy) is 1. The first-order valence-electron chi connectivity index (χ1n) is 10.9. The van der Waals surface area contributed by atoms with Gasteiger partial charge in [-0.25, -0.2) is 12.8 Å². The lowest BCUT2D eigenvalue weighted by Crippen LogP contribution is -2.60. The van der Waals surface area contributed by atoms with Gasteiger partial charge in [-0.2, -0.15) is 13.2 Å². The highest BCUT2D eigenvalue weighted by Gasteiger charge is 2.62. The van der Waals surface area contributed by atoms with E-state index >= 15 is 0 Å². The zero-order chi connectivity index (χ0) is 26.1. The lowest BCUT2D eigenvalue weighted by atomic mass is 9.83. The first-order valence-corrected chi connectivity index (χ1v) is 13.7. The van der Waals surface area contributed by atoms with Gasteiger partial charge in [0.15, 0.2) is 5.82 Å². The van der Waals surface area contributed by atoms with Crippen molar-refractivity contribution < 1.29 is 35.6 Å². The molecule has 5 rings (SSSR count). The summed E-state index contributed by atoms with van der Waals surface area (Å²) in [6.45, 7) is 1.73. The van der Waals surface area contributed by atoms with E-state index in [1.54, 1.807) is 18.2 Å². The van der Waals surface area contributed by atoms with Crippen molar-refractivity contribution in [2.24, 2.45) is 5.16 Å². The van der Waals surface area contributed by atoms with Crippen molar-refractivity contribution in [1.82, 2.24) is 4.90 Å². The third-order valence-corrected chi connectivity index (χ3v) is 8.28. The number of likely N-dealkylation sites (tertiary alicyclic amines) is 1. The number of sulfone groups is 1. The van der Waals surface area contributed by atoms with Gasteiger partial charge in [0, 0.05) is 37.9 Å². The average molecular weight is 567 g/mol. The Labute approximate surface area is 214 Å². The smallest absolute Gasteiger partial charge is 0.374 e. The van der Waals surface area contributed by atoms with E-state index in [1.807, 2.05) is 4.90 Å². The maximum atomic E-state index is 14.3. The molecule has 36 heavy (non-hydrogen) atoms. The number of hydrogen-bond acceptors (Lipinski definition) is 6. The molecule has 0 aromatic heterocycles. The molecule has 2 aromatic carbocycles. The summed E-state index contributed by atoms with van der Waals surface area (Å²) in [5.41, 5.74) is -1.64. The van der Waals surface area contributed by atoms with Crippen LogP contribution in [0, 0.1) is 5.82 Å². The Morgan fingerprint density at radius 2 is 1.81 bits per heavy atom. The molecule has 1 unspecified atom stereocenters. The molecule has 0 saturated carbocycles. The van der Waals surface area contributed by atoms with Crippen LogP contribution in [-0.4, -0.2) is 56.8 Å². The van der Waals surface area contributed by atoms with Gasteiger partial charge in [0.1, 0.15) is 15.4 Å². The summed E-state index contributed by atoms with van der Waals surface area (Å²) in [7, 11) is -3.07. The predicted octanol–water partition coefficient (Wildman–Crippen LogP) is 4.80. The molecule has 13 heteroatoms. The third kappa shape index (κ3) is 4.28. The number of nitrogens with zero attached hydrogens (tertiary/aromatic N) is 2. The zero-order valence-electron chi connectivity index (χ0n) is 18.8. The first-order chi connectivity index (χ1) is 16.7. The highest BCUT2D eigenvalue weighted by Crippen LogP contribution is 2.50. The Morgan fingerprint density at radius 3 is 2.42 bits per heavy atom. The lowest BCUT2D eigenvalue weighted by molar-refractivity contribution is -0.275. The molecule has 0 aliphatic carbocycles. The minimum atomic E-state index is -4.89. The summed E-state index contributed by atoms with van der Waals surface area (Å²) in [6.07, 6.45) is -4.36. The molecular formula is C23H20Cl2F4N2O4S. The molecular weight excluding hydrogens is 547 g/mol. The van der Waals surface area contributed by atoms with Gasteiger partial charge < -0.3 is 9.57 Å². The molecule has 1 fully saturated rings. The van der Waals surface area contributed by atoms with Crippen LogP contribution in [0.1, 0.15) is 28.7 Å². The van der Waals surface area contributed by atoms with Gasteiger partial charge >= 0.3 is 6.18 Å². The molecule has 1 spiro atoms. The Morgan fingerprint density at radius 1 is 1.14 bits per heavy atom. The van der Waals surface area contributed by atoms with Crippen LogP contribution < -0.4 is 0 Å². The molecule has 0 bridgehead atoms. The minimum Gasteiger partial charge on any atom is -0.374 e. The van der Waals surface area contributed by atoms with E-state index in [-0.39, 0.29) is 18.1 Å². The molecule has 3 heterocycles. The highest BCUT2D eigenvalue weighted by atomic mass is 35.5. The summed E-state index contributed by atoms with van der Waals surface area (Å²) in [5.74, 6) is -0.961.